The molecule has 3 heterocycles. The number of nitrogens with zero attached hydrogens (tertiary/aromatic N) is 2. The van der Waals surface area contributed by atoms with E-state index in [0.29, 0.717) is 5.89 Å². The molecule has 0 aliphatic carbocycles. The van der Waals surface area contributed by atoms with Crippen molar-refractivity contribution >= 4 is 104 Å². The molecule has 0 saturated carbocycles. The Balaban J connectivity index is 1.09. The van der Waals surface area contributed by atoms with E-state index in [-0.39, 0.29) is 0 Å². The van der Waals surface area contributed by atoms with Crippen molar-refractivity contribution in [2.45, 2.75) is 0 Å². The summed E-state index contributed by atoms with van der Waals surface area (Å²) in [5.74, 6) is 0.629. The van der Waals surface area contributed by atoms with Gasteiger partial charge in [0.2, 0.25) is 5.89 Å². The molecule has 3 aromatic heterocycles. The molecule has 54 heavy (non-hydrogen) atoms. The molecule has 252 valence electrons. The summed E-state index contributed by atoms with van der Waals surface area (Å²) in [6.45, 7) is 0. The molecule has 0 saturated heterocycles. The molecule has 12 rings (SSSR count). The number of rotatable bonds is 4. The first-order valence-electron chi connectivity index (χ1n) is 18.1. The molecule has 0 aliphatic heterocycles. The van der Waals surface area contributed by atoms with Crippen molar-refractivity contribution in [3.05, 3.63) is 170 Å². The smallest absolute Gasteiger partial charge is 0.227 e. The maximum absolute atomic E-state index is 6.26. The van der Waals surface area contributed by atoms with Gasteiger partial charge >= 0.3 is 0 Å². The minimum absolute atomic E-state index is 0.629. The molecule has 0 unspecified atom stereocenters. The Hall–Kier alpha value is -7.37. The highest BCUT2D eigenvalue weighted by atomic mass is 16.3. The van der Waals surface area contributed by atoms with Crippen LogP contribution in [0.1, 0.15) is 0 Å². The zero-order chi connectivity index (χ0) is 35.3. The lowest BCUT2D eigenvalue weighted by Crippen LogP contribution is -2.10. The molecule has 5 nitrogen and oxygen atoms in total. The van der Waals surface area contributed by atoms with E-state index in [1.54, 1.807) is 0 Å². The number of fused-ring (bicyclic) bond motifs is 13. The van der Waals surface area contributed by atoms with Crippen LogP contribution in [-0.4, -0.2) is 4.98 Å². The van der Waals surface area contributed by atoms with Crippen LogP contribution in [0.3, 0.4) is 0 Å². The summed E-state index contributed by atoms with van der Waals surface area (Å²) in [6.07, 6.45) is 0. The Morgan fingerprint density at radius 1 is 0.333 bits per heavy atom. The number of aromatic nitrogens is 1. The molecule has 0 amide bonds. The highest BCUT2D eigenvalue weighted by Gasteiger charge is 2.21. The number of hydrogen-bond acceptors (Lipinski definition) is 5. The molecule has 0 N–H and O–H groups in total. The lowest BCUT2D eigenvalue weighted by atomic mass is 9.95. The minimum Gasteiger partial charge on any atom is -0.456 e. The van der Waals surface area contributed by atoms with Crippen LogP contribution < -0.4 is 4.90 Å². The van der Waals surface area contributed by atoms with Crippen LogP contribution in [0, 0.1) is 0 Å². The monoisotopic (exact) mass is 692 g/mol. The van der Waals surface area contributed by atoms with E-state index in [9.17, 15) is 0 Å². The van der Waals surface area contributed by atoms with E-state index in [0.717, 1.165) is 93.8 Å². The zero-order valence-electron chi connectivity index (χ0n) is 28.8. The molecule has 0 radical (unpaired) electrons. The van der Waals surface area contributed by atoms with Gasteiger partial charge in [-0.05, 0) is 100 Å². The van der Waals surface area contributed by atoms with Crippen molar-refractivity contribution in [2.75, 3.05) is 4.90 Å². The summed E-state index contributed by atoms with van der Waals surface area (Å²) in [6, 6.07) is 59.3. The first-order chi connectivity index (χ1) is 26.7. The number of anilines is 3. The summed E-state index contributed by atoms with van der Waals surface area (Å²) in [5.41, 5.74) is 9.26. The van der Waals surface area contributed by atoms with Gasteiger partial charge in [-0.1, -0.05) is 91.0 Å². The summed E-state index contributed by atoms with van der Waals surface area (Å²) in [7, 11) is 0. The maximum atomic E-state index is 6.26. The quantitative estimate of drug-likeness (QED) is 0.172. The largest absolute Gasteiger partial charge is 0.456 e. The molecule has 9 aromatic carbocycles. The Morgan fingerprint density at radius 3 is 1.52 bits per heavy atom. The lowest BCUT2D eigenvalue weighted by molar-refractivity contribution is 0.620. The van der Waals surface area contributed by atoms with Crippen LogP contribution in [0.25, 0.3) is 98.7 Å². The minimum atomic E-state index is 0.629. The summed E-state index contributed by atoms with van der Waals surface area (Å²) < 4.78 is 18.7. The van der Waals surface area contributed by atoms with Gasteiger partial charge in [-0.2, -0.15) is 0 Å². The molecular formula is C49H28N2O3. The van der Waals surface area contributed by atoms with Crippen molar-refractivity contribution in [3.63, 3.8) is 0 Å². The van der Waals surface area contributed by atoms with Crippen LogP contribution in [0.4, 0.5) is 17.1 Å². The molecule has 0 atom stereocenters. The first-order valence-corrected chi connectivity index (χ1v) is 18.1. The maximum Gasteiger partial charge on any atom is 0.227 e. The topological polar surface area (TPSA) is 55.6 Å². The van der Waals surface area contributed by atoms with Crippen LogP contribution in [0.2, 0.25) is 0 Å². The predicted molar refractivity (Wildman–Crippen MR) is 221 cm³/mol. The second-order valence-electron chi connectivity index (χ2n) is 13.9. The van der Waals surface area contributed by atoms with Gasteiger partial charge < -0.3 is 18.2 Å². The van der Waals surface area contributed by atoms with Gasteiger partial charge in [-0.25, -0.2) is 4.98 Å². The third-order valence-electron chi connectivity index (χ3n) is 10.9. The van der Waals surface area contributed by atoms with Crippen molar-refractivity contribution in [1.29, 1.82) is 0 Å². The number of furan rings is 2. The summed E-state index contributed by atoms with van der Waals surface area (Å²) in [4.78, 5) is 7.33. The van der Waals surface area contributed by atoms with Crippen LogP contribution in [0.15, 0.2) is 183 Å². The van der Waals surface area contributed by atoms with Crippen molar-refractivity contribution < 1.29 is 13.3 Å². The summed E-state index contributed by atoms with van der Waals surface area (Å²) in [5, 5.41) is 11.2. The van der Waals surface area contributed by atoms with Crippen LogP contribution >= 0.6 is 0 Å². The Labute approximate surface area is 307 Å². The number of hydrogen-bond donors (Lipinski definition) is 0. The lowest BCUT2D eigenvalue weighted by Gasteiger charge is -2.27. The molecule has 0 aliphatic rings. The molecule has 0 spiro atoms. The van der Waals surface area contributed by atoms with Crippen LogP contribution in [-0.2, 0) is 0 Å². The Morgan fingerprint density at radius 2 is 0.833 bits per heavy atom. The van der Waals surface area contributed by atoms with Gasteiger partial charge in [0.05, 0.1) is 5.69 Å². The van der Waals surface area contributed by atoms with Gasteiger partial charge in [0.15, 0.2) is 5.58 Å². The third-order valence-corrected chi connectivity index (χ3v) is 10.9. The van der Waals surface area contributed by atoms with E-state index in [2.05, 4.69) is 114 Å². The molecule has 0 fully saturated rings. The Bertz CT molecular complexity index is 3350. The standard InChI is InChI=1S/C49H28N2O3/c1-2-9-29(10-3-1)49-50-48-39-22-20-33-32-13-8-14-42(36(32)21-19-34(33)35(39)23-26-47(48)54-49)51(30-17-24-45-40(27-30)37-11-4-6-15-43(37)52-45)31-18-25-46-41(28-31)38-12-5-7-16-44(38)53-46/h1-28H. The summed E-state index contributed by atoms with van der Waals surface area (Å²) >= 11 is 0. The second-order valence-corrected chi connectivity index (χ2v) is 13.9. The van der Waals surface area contributed by atoms with E-state index >= 15 is 0 Å². The van der Waals surface area contributed by atoms with E-state index < -0.39 is 0 Å². The van der Waals surface area contributed by atoms with Crippen LogP contribution in [0.5, 0.6) is 0 Å². The molecule has 5 heteroatoms. The SMILES string of the molecule is c1ccc(-c2nc3c(ccc4c5ccc6c(N(c7ccc8oc9ccccc9c8c7)c7ccc8oc9ccccc9c8c7)cccc6c5ccc43)o2)cc1. The van der Waals surface area contributed by atoms with Gasteiger partial charge in [0, 0.05) is 49.3 Å². The number of oxazole rings is 1. The molecule has 12 aromatic rings. The average Bonchev–Trinajstić information content (AvgIpc) is 3.94. The normalized spacial score (nSPS) is 12.1. The number of para-hydroxylation sites is 2. The third kappa shape index (κ3) is 4.24. The molecule has 0 bridgehead atoms. The highest BCUT2D eigenvalue weighted by Crippen LogP contribution is 2.45. The predicted octanol–water partition coefficient (Wildman–Crippen LogP) is 14.2. The van der Waals surface area contributed by atoms with Crippen molar-refractivity contribution in [3.8, 4) is 11.5 Å². The van der Waals surface area contributed by atoms with Gasteiger partial charge in [0.1, 0.15) is 27.8 Å². The highest BCUT2D eigenvalue weighted by molar-refractivity contribution is 6.23. The zero-order valence-corrected chi connectivity index (χ0v) is 28.8. The Kier molecular flexibility index (Phi) is 5.99. The van der Waals surface area contributed by atoms with E-state index in [1.165, 1.54) is 16.2 Å². The van der Waals surface area contributed by atoms with Gasteiger partial charge in [-0.3, -0.25) is 0 Å². The average molecular weight is 693 g/mol. The first kappa shape index (κ1) is 29.2. The van der Waals surface area contributed by atoms with Gasteiger partial charge in [0.25, 0.3) is 0 Å². The van der Waals surface area contributed by atoms with E-state index in [1.807, 2.05) is 60.7 Å². The van der Waals surface area contributed by atoms with Crippen molar-refractivity contribution in [1.82, 2.24) is 4.98 Å². The van der Waals surface area contributed by atoms with E-state index in [4.69, 9.17) is 18.2 Å². The number of benzene rings is 9. The molecular weight excluding hydrogens is 665 g/mol. The fraction of sp³-hybridized carbons (Fsp3) is 0. The van der Waals surface area contributed by atoms with Crippen molar-refractivity contribution in [2.24, 2.45) is 0 Å². The fourth-order valence-corrected chi connectivity index (χ4v) is 8.40. The van der Waals surface area contributed by atoms with Gasteiger partial charge in [-0.15, -0.1) is 0 Å². The second kappa shape index (κ2) is 11.1. The fourth-order valence-electron chi connectivity index (χ4n) is 8.40.